The van der Waals surface area contributed by atoms with Crippen LogP contribution in [0.25, 0.3) is 64.7 Å². The zero-order valence-electron chi connectivity index (χ0n) is 34.5. The van der Waals surface area contributed by atoms with Gasteiger partial charge in [-0.1, -0.05) is 206 Å². The van der Waals surface area contributed by atoms with Crippen molar-refractivity contribution >= 4 is 48.6 Å². The van der Waals surface area contributed by atoms with Crippen LogP contribution in [0.2, 0.25) is 0 Å². The Morgan fingerprint density at radius 3 is 1.41 bits per heavy atom. The molecule has 1 aliphatic rings. The van der Waals surface area contributed by atoms with Crippen LogP contribution in [-0.4, -0.2) is 0 Å². The van der Waals surface area contributed by atoms with Crippen LogP contribution >= 0.6 is 11.3 Å². The molecule has 0 bridgehead atoms. The lowest BCUT2D eigenvalue weighted by atomic mass is 9.67. The smallest absolute Gasteiger partial charge is 0.0714 e. The maximum Gasteiger partial charge on any atom is 0.0714 e. The maximum atomic E-state index is 2.42. The quantitative estimate of drug-likeness (QED) is 0.148. The zero-order valence-corrected chi connectivity index (χ0v) is 35.3. The molecule has 0 unspecified atom stereocenters. The first-order valence-corrected chi connectivity index (χ1v) is 22.5. The van der Waals surface area contributed by atoms with Gasteiger partial charge in [0.2, 0.25) is 0 Å². The van der Waals surface area contributed by atoms with E-state index in [-0.39, 0.29) is 0 Å². The highest BCUT2D eigenvalue weighted by Gasteiger charge is 2.46. The molecule has 1 aromatic heterocycles. The van der Waals surface area contributed by atoms with Gasteiger partial charge in [0.15, 0.2) is 0 Å². The molecule has 2 heteroatoms. The summed E-state index contributed by atoms with van der Waals surface area (Å²) < 4.78 is 2.64. The summed E-state index contributed by atoms with van der Waals surface area (Å²) in [5.74, 6) is 0. The molecule has 1 heterocycles. The van der Waals surface area contributed by atoms with Crippen LogP contribution in [0, 0.1) is 0 Å². The standard InChI is InChI=1S/C61H41NS/c1-3-15-42(16-4-1)43-29-31-44(32-30-43)45-33-37-49(38-34-45)62(50-39-35-46(36-40-50)52-24-14-25-56-55-23-9-12-28-59(55)63-60(52)56)51-20-13-19-48(41-51)61(47-17-5-2-6-18-47)57-26-10-7-21-53(57)54-22-8-11-27-58(54)61/h1-41H. The fraction of sp³-hybridized carbons (Fsp3) is 0.0164. The molecule has 0 spiro atoms. The molecule has 0 fully saturated rings. The third-order valence-corrected chi connectivity index (χ3v) is 14.2. The van der Waals surface area contributed by atoms with Gasteiger partial charge in [-0.15, -0.1) is 11.3 Å². The summed E-state index contributed by atoms with van der Waals surface area (Å²) in [6.45, 7) is 0. The molecule has 0 saturated carbocycles. The Morgan fingerprint density at radius 1 is 0.302 bits per heavy atom. The van der Waals surface area contributed by atoms with Gasteiger partial charge in [-0.05, 0) is 109 Å². The lowest BCUT2D eigenvalue weighted by Crippen LogP contribution is -2.28. The van der Waals surface area contributed by atoms with Gasteiger partial charge in [0.1, 0.15) is 0 Å². The number of hydrogen-bond donors (Lipinski definition) is 0. The number of thiophene rings is 1. The molecule has 10 aromatic carbocycles. The van der Waals surface area contributed by atoms with Gasteiger partial charge in [-0.3, -0.25) is 0 Å². The summed E-state index contributed by atoms with van der Waals surface area (Å²) in [5, 5.41) is 2.63. The number of anilines is 3. The Bertz CT molecular complexity index is 3370. The SMILES string of the molecule is c1ccc(-c2ccc(-c3ccc(N(c4ccc(-c5cccc6c5sc5ccccc56)cc4)c4cccc(C5(c6ccccc6)c6ccccc6-c6ccccc65)c4)cc3)cc2)cc1. The topological polar surface area (TPSA) is 3.24 Å². The monoisotopic (exact) mass is 819 g/mol. The van der Waals surface area contributed by atoms with Crippen molar-refractivity contribution in [2.24, 2.45) is 0 Å². The molecule has 0 N–H and O–H groups in total. The Kier molecular flexibility index (Phi) is 8.98. The molecule has 0 radical (unpaired) electrons. The van der Waals surface area contributed by atoms with Crippen molar-refractivity contribution in [2.75, 3.05) is 4.90 Å². The molecule has 0 saturated heterocycles. The molecular formula is C61H41NS. The lowest BCUT2D eigenvalue weighted by molar-refractivity contribution is 0.768. The van der Waals surface area contributed by atoms with Gasteiger partial charge in [-0.2, -0.15) is 0 Å². The van der Waals surface area contributed by atoms with Crippen molar-refractivity contribution < 1.29 is 0 Å². The fourth-order valence-electron chi connectivity index (χ4n) is 10.1. The van der Waals surface area contributed by atoms with Crippen molar-refractivity contribution in [3.63, 3.8) is 0 Å². The van der Waals surface area contributed by atoms with Crippen LogP contribution in [0.4, 0.5) is 17.1 Å². The zero-order chi connectivity index (χ0) is 41.7. The van der Waals surface area contributed by atoms with Crippen LogP contribution in [0.1, 0.15) is 22.3 Å². The summed E-state index contributed by atoms with van der Waals surface area (Å²) in [7, 11) is 0. The lowest BCUT2D eigenvalue weighted by Gasteiger charge is -2.35. The Hall–Kier alpha value is -7.78. The second-order valence-electron chi connectivity index (χ2n) is 16.4. The molecule has 11 aromatic rings. The second-order valence-corrected chi connectivity index (χ2v) is 17.5. The predicted octanol–water partition coefficient (Wildman–Crippen LogP) is 16.9. The van der Waals surface area contributed by atoms with E-state index in [1.807, 2.05) is 11.3 Å². The van der Waals surface area contributed by atoms with E-state index in [0.717, 1.165) is 17.1 Å². The Balaban J connectivity index is 1.000. The predicted molar refractivity (Wildman–Crippen MR) is 268 cm³/mol. The average molecular weight is 820 g/mol. The van der Waals surface area contributed by atoms with Gasteiger partial charge in [-0.25, -0.2) is 0 Å². The summed E-state index contributed by atoms with van der Waals surface area (Å²) in [6, 6.07) is 91.4. The van der Waals surface area contributed by atoms with Crippen LogP contribution < -0.4 is 4.90 Å². The number of fused-ring (bicyclic) bond motifs is 6. The average Bonchev–Trinajstić information content (AvgIpc) is 3.90. The number of hydrogen-bond acceptors (Lipinski definition) is 2. The molecule has 0 amide bonds. The molecule has 0 aliphatic heterocycles. The first-order chi connectivity index (χ1) is 31.2. The summed E-state index contributed by atoms with van der Waals surface area (Å²) in [5.41, 5.74) is 17.8. The van der Waals surface area contributed by atoms with Gasteiger partial charge in [0, 0.05) is 37.2 Å². The van der Waals surface area contributed by atoms with Gasteiger partial charge in [0.05, 0.1) is 5.41 Å². The van der Waals surface area contributed by atoms with Crippen LogP contribution in [-0.2, 0) is 5.41 Å². The number of nitrogens with zero attached hydrogens (tertiary/aromatic N) is 1. The molecule has 296 valence electrons. The van der Waals surface area contributed by atoms with Gasteiger partial charge >= 0.3 is 0 Å². The van der Waals surface area contributed by atoms with E-state index in [1.54, 1.807) is 0 Å². The molecule has 63 heavy (non-hydrogen) atoms. The van der Waals surface area contributed by atoms with Crippen molar-refractivity contribution in [3.8, 4) is 44.5 Å². The minimum absolute atomic E-state index is 0.501. The van der Waals surface area contributed by atoms with Crippen LogP contribution in [0.5, 0.6) is 0 Å². The van der Waals surface area contributed by atoms with Gasteiger partial charge < -0.3 is 4.90 Å². The number of benzene rings is 10. The van der Waals surface area contributed by atoms with Crippen molar-refractivity contribution in [2.45, 2.75) is 5.41 Å². The fourth-order valence-corrected chi connectivity index (χ4v) is 11.3. The minimum atomic E-state index is -0.501. The first-order valence-electron chi connectivity index (χ1n) is 21.7. The van der Waals surface area contributed by atoms with Gasteiger partial charge in [0.25, 0.3) is 0 Å². The molecule has 1 nitrogen and oxygen atoms in total. The summed E-state index contributed by atoms with van der Waals surface area (Å²) in [4.78, 5) is 2.42. The Morgan fingerprint density at radius 2 is 0.762 bits per heavy atom. The highest BCUT2D eigenvalue weighted by Crippen LogP contribution is 2.56. The Labute approximate surface area is 372 Å². The third-order valence-electron chi connectivity index (χ3n) is 13.0. The van der Waals surface area contributed by atoms with E-state index in [1.165, 1.54) is 86.9 Å². The second kappa shape index (κ2) is 15.3. The van der Waals surface area contributed by atoms with Crippen molar-refractivity contribution in [1.29, 1.82) is 0 Å². The molecular weight excluding hydrogens is 779 g/mol. The first kappa shape index (κ1) is 37.0. The van der Waals surface area contributed by atoms with E-state index in [9.17, 15) is 0 Å². The highest BCUT2D eigenvalue weighted by atomic mass is 32.1. The minimum Gasteiger partial charge on any atom is -0.310 e. The van der Waals surface area contributed by atoms with E-state index in [4.69, 9.17) is 0 Å². The summed E-state index contributed by atoms with van der Waals surface area (Å²) in [6.07, 6.45) is 0. The van der Waals surface area contributed by atoms with E-state index >= 15 is 0 Å². The largest absolute Gasteiger partial charge is 0.310 e. The van der Waals surface area contributed by atoms with E-state index in [0.29, 0.717) is 0 Å². The van der Waals surface area contributed by atoms with Crippen LogP contribution in [0.3, 0.4) is 0 Å². The van der Waals surface area contributed by atoms with Crippen molar-refractivity contribution in [3.05, 3.63) is 271 Å². The van der Waals surface area contributed by atoms with Crippen LogP contribution in [0.15, 0.2) is 249 Å². The third kappa shape index (κ3) is 6.14. The number of rotatable bonds is 8. The van der Waals surface area contributed by atoms with Crippen molar-refractivity contribution in [1.82, 2.24) is 0 Å². The summed E-state index contributed by atoms with van der Waals surface area (Å²) >= 11 is 1.88. The normalized spacial score (nSPS) is 12.6. The molecule has 0 atom stereocenters. The maximum absolute atomic E-state index is 2.42. The van der Waals surface area contributed by atoms with E-state index in [2.05, 4.69) is 254 Å². The molecule has 12 rings (SSSR count). The highest BCUT2D eigenvalue weighted by molar-refractivity contribution is 7.26. The molecule has 1 aliphatic carbocycles. The van der Waals surface area contributed by atoms with E-state index < -0.39 is 5.41 Å².